The van der Waals surface area contributed by atoms with Gasteiger partial charge >= 0.3 is 0 Å². The highest BCUT2D eigenvalue weighted by atomic mass is 16.5. The number of ether oxygens (including phenoxy) is 1. The van der Waals surface area contributed by atoms with Gasteiger partial charge < -0.3 is 10.1 Å². The summed E-state index contributed by atoms with van der Waals surface area (Å²) in [6.07, 6.45) is 4.06. The third-order valence-electron chi connectivity index (χ3n) is 8.25. The molecule has 0 bridgehead atoms. The van der Waals surface area contributed by atoms with Gasteiger partial charge in [0.2, 0.25) is 17.7 Å². The summed E-state index contributed by atoms with van der Waals surface area (Å²) in [6, 6.07) is 7.66. The minimum absolute atomic E-state index is 0.0441. The lowest BCUT2D eigenvalue weighted by Gasteiger charge is -2.33. The summed E-state index contributed by atoms with van der Waals surface area (Å²) in [5.41, 5.74) is 0.631. The maximum absolute atomic E-state index is 13.0. The SMILES string of the molecule is BC(C)(C)CCOC(C)(C)CCC(B)(C)NC(=O)CCC(C)(C)c1ccc(N2C(=O)CC(C(C)(C)C)C2=O)cc1. The second kappa shape index (κ2) is 12.4. The van der Waals surface area contributed by atoms with Crippen LogP contribution in [0.5, 0.6) is 0 Å². The van der Waals surface area contributed by atoms with Crippen molar-refractivity contribution in [2.75, 3.05) is 11.5 Å². The van der Waals surface area contributed by atoms with E-state index in [9.17, 15) is 14.4 Å². The van der Waals surface area contributed by atoms with Gasteiger partial charge in [0.1, 0.15) is 15.7 Å². The quantitative estimate of drug-likeness (QED) is 0.278. The van der Waals surface area contributed by atoms with E-state index in [0.717, 1.165) is 31.4 Å². The molecule has 0 aromatic heterocycles. The molecule has 0 spiro atoms. The first-order chi connectivity index (χ1) is 18.0. The third-order valence-corrected chi connectivity index (χ3v) is 8.25. The van der Waals surface area contributed by atoms with Crippen molar-refractivity contribution in [3.63, 3.8) is 0 Å². The second-order valence-electron chi connectivity index (χ2n) is 16.0. The minimum Gasteiger partial charge on any atom is -0.376 e. The summed E-state index contributed by atoms with van der Waals surface area (Å²) in [5, 5.41) is 3.48. The van der Waals surface area contributed by atoms with E-state index in [-0.39, 0.29) is 57.2 Å². The number of hydrogen-bond donors (Lipinski definition) is 1. The lowest BCUT2D eigenvalue weighted by molar-refractivity contribution is -0.124. The van der Waals surface area contributed by atoms with Crippen molar-refractivity contribution in [1.29, 1.82) is 0 Å². The van der Waals surface area contributed by atoms with Crippen LogP contribution in [0.25, 0.3) is 0 Å². The van der Waals surface area contributed by atoms with Crippen molar-refractivity contribution in [3.8, 4) is 0 Å². The molecule has 1 aromatic rings. The highest BCUT2D eigenvalue weighted by Gasteiger charge is 2.45. The number of anilines is 1. The summed E-state index contributed by atoms with van der Waals surface area (Å²) in [7, 11) is 4.30. The predicted molar refractivity (Wildman–Crippen MR) is 170 cm³/mol. The van der Waals surface area contributed by atoms with E-state index in [1.54, 1.807) is 0 Å². The largest absolute Gasteiger partial charge is 0.376 e. The number of nitrogens with zero attached hydrogens (tertiary/aromatic N) is 1. The molecule has 40 heavy (non-hydrogen) atoms. The summed E-state index contributed by atoms with van der Waals surface area (Å²) in [4.78, 5) is 39.9. The molecule has 1 saturated heterocycles. The Hall–Kier alpha value is -2.08. The minimum atomic E-state index is -0.326. The Kier molecular flexibility index (Phi) is 10.6. The zero-order valence-electron chi connectivity index (χ0n) is 27.4. The van der Waals surface area contributed by atoms with Gasteiger partial charge in [-0.1, -0.05) is 65.9 Å². The first-order valence-electron chi connectivity index (χ1n) is 15.0. The Morgan fingerprint density at radius 2 is 1.48 bits per heavy atom. The van der Waals surface area contributed by atoms with Gasteiger partial charge in [0.05, 0.1) is 17.2 Å². The van der Waals surface area contributed by atoms with E-state index in [1.165, 1.54) is 4.90 Å². The van der Waals surface area contributed by atoms with Crippen LogP contribution in [-0.4, -0.2) is 51.1 Å². The van der Waals surface area contributed by atoms with Gasteiger partial charge in [0.15, 0.2) is 0 Å². The fourth-order valence-corrected chi connectivity index (χ4v) is 5.03. The molecular formula is C32H54B2N2O4. The highest BCUT2D eigenvalue weighted by Crippen LogP contribution is 2.38. The molecule has 8 heteroatoms. The van der Waals surface area contributed by atoms with Crippen LogP contribution in [0.15, 0.2) is 24.3 Å². The summed E-state index contributed by atoms with van der Waals surface area (Å²) in [5.74, 6) is -0.520. The van der Waals surface area contributed by atoms with E-state index < -0.39 is 0 Å². The van der Waals surface area contributed by atoms with Crippen molar-refractivity contribution >= 4 is 39.1 Å². The molecule has 3 amide bonds. The fourth-order valence-electron chi connectivity index (χ4n) is 5.03. The van der Waals surface area contributed by atoms with Crippen LogP contribution in [0.4, 0.5) is 5.69 Å². The van der Waals surface area contributed by atoms with Crippen molar-refractivity contribution in [3.05, 3.63) is 29.8 Å². The molecule has 2 atom stereocenters. The Morgan fingerprint density at radius 3 is 1.98 bits per heavy atom. The molecule has 1 aliphatic rings. The monoisotopic (exact) mass is 552 g/mol. The molecular weight excluding hydrogens is 498 g/mol. The molecule has 1 heterocycles. The molecule has 2 unspecified atom stereocenters. The molecule has 0 saturated carbocycles. The van der Waals surface area contributed by atoms with Gasteiger partial charge in [-0.2, -0.15) is 0 Å². The van der Waals surface area contributed by atoms with Crippen LogP contribution in [0.2, 0.25) is 5.31 Å². The number of nitrogens with one attached hydrogen (secondary N) is 1. The molecule has 222 valence electrons. The Balaban J connectivity index is 1.91. The van der Waals surface area contributed by atoms with Crippen molar-refractivity contribution in [2.24, 2.45) is 11.3 Å². The molecule has 6 nitrogen and oxygen atoms in total. The standard InChI is InChI=1S/C32H54B2N2O4/c1-28(2,3)24-21-26(38)36(27(24)39)23-13-11-22(12-14-23)29(4,5)16-15-25(37)35-32(10,34)18-17-31(8,9)40-20-19-30(6,7)33/h11-14,24H,15-21,33-34H2,1-10H3,(H,35,37). The first-order valence-corrected chi connectivity index (χ1v) is 15.0. The summed E-state index contributed by atoms with van der Waals surface area (Å²) >= 11 is 0. The van der Waals surface area contributed by atoms with Gasteiger partial charge in [-0.25, -0.2) is 0 Å². The Morgan fingerprint density at radius 1 is 0.900 bits per heavy atom. The average molecular weight is 552 g/mol. The fraction of sp³-hybridized carbons (Fsp3) is 0.719. The molecule has 2 rings (SSSR count). The second-order valence-corrected chi connectivity index (χ2v) is 16.0. The number of carbonyl (C=O) groups is 3. The molecule has 1 N–H and O–H groups in total. The van der Waals surface area contributed by atoms with Gasteiger partial charge in [-0.05, 0) is 75.0 Å². The number of benzene rings is 1. The lowest BCUT2D eigenvalue weighted by Crippen LogP contribution is -2.48. The lowest BCUT2D eigenvalue weighted by atomic mass is 9.70. The molecule has 0 aliphatic carbocycles. The van der Waals surface area contributed by atoms with Crippen LogP contribution in [0.3, 0.4) is 0 Å². The Labute approximate surface area is 245 Å². The van der Waals surface area contributed by atoms with Crippen molar-refractivity contribution in [1.82, 2.24) is 5.32 Å². The number of rotatable bonds is 13. The molecule has 1 aliphatic heterocycles. The maximum Gasteiger partial charge on any atom is 0.237 e. The van der Waals surface area contributed by atoms with Crippen LogP contribution in [-0.2, 0) is 24.5 Å². The van der Waals surface area contributed by atoms with Crippen molar-refractivity contribution < 1.29 is 19.1 Å². The van der Waals surface area contributed by atoms with Crippen molar-refractivity contribution in [2.45, 2.75) is 130 Å². The van der Waals surface area contributed by atoms with E-state index in [1.807, 2.05) is 45.0 Å². The van der Waals surface area contributed by atoms with E-state index >= 15 is 0 Å². The van der Waals surface area contributed by atoms with Crippen LogP contribution >= 0.6 is 0 Å². The Bertz CT molecular complexity index is 1050. The van der Waals surface area contributed by atoms with E-state index in [2.05, 4.69) is 69.5 Å². The van der Waals surface area contributed by atoms with Gasteiger partial charge in [0.25, 0.3) is 0 Å². The maximum atomic E-state index is 13.0. The van der Waals surface area contributed by atoms with E-state index in [0.29, 0.717) is 18.5 Å². The molecule has 1 fully saturated rings. The third kappa shape index (κ3) is 10.1. The zero-order chi connectivity index (χ0) is 30.7. The number of imide groups is 1. The normalized spacial score (nSPS) is 18.6. The number of hydrogen-bond acceptors (Lipinski definition) is 4. The first kappa shape index (κ1) is 34.1. The predicted octanol–water partition coefficient (Wildman–Crippen LogP) is 4.93. The topological polar surface area (TPSA) is 75.7 Å². The molecule has 1 aromatic carbocycles. The smallest absolute Gasteiger partial charge is 0.237 e. The highest BCUT2D eigenvalue weighted by molar-refractivity contribution is 6.21. The average Bonchev–Trinajstić information content (AvgIpc) is 3.10. The van der Waals surface area contributed by atoms with Gasteiger partial charge in [-0.3, -0.25) is 19.3 Å². The summed E-state index contributed by atoms with van der Waals surface area (Å²) in [6.45, 7) is 21.8. The van der Waals surface area contributed by atoms with Gasteiger partial charge in [-0.15, -0.1) is 0 Å². The van der Waals surface area contributed by atoms with E-state index in [4.69, 9.17) is 4.74 Å². The zero-order valence-corrected chi connectivity index (χ0v) is 27.4. The van der Waals surface area contributed by atoms with Crippen LogP contribution in [0, 0.1) is 11.3 Å². The van der Waals surface area contributed by atoms with Crippen LogP contribution in [0.1, 0.15) is 113 Å². The number of amides is 3. The molecule has 0 radical (unpaired) electrons. The van der Waals surface area contributed by atoms with Crippen LogP contribution < -0.4 is 10.2 Å². The van der Waals surface area contributed by atoms with Gasteiger partial charge in [0, 0.05) is 24.9 Å². The summed E-state index contributed by atoms with van der Waals surface area (Å²) < 4.78 is 6.17. The number of carbonyl (C=O) groups excluding carboxylic acids is 3.